The van der Waals surface area contributed by atoms with E-state index < -0.39 is 17.7 Å². The SMILES string of the molecule is N#CC(C#N)=NNc1cc(C(=O)O)cc(C(=O)O)c1. The normalized spacial score (nSPS) is 8.74. The topological polar surface area (TPSA) is 147 Å². The third kappa shape index (κ3) is 3.54. The van der Waals surface area contributed by atoms with Gasteiger partial charge in [0.25, 0.3) is 0 Å². The van der Waals surface area contributed by atoms with Gasteiger partial charge in [0.05, 0.1) is 16.8 Å². The molecular weight excluding hydrogens is 252 g/mol. The van der Waals surface area contributed by atoms with Crippen LogP contribution in [-0.2, 0) is 0 Å². The molecule has 0 fully saturated rings. The van der Waals surface area contributed by atoms with Crippen molar-refractivity contribution in [1.29, 1.82) is 10.5 Å². The van der Waals surface area contributed by atoms with Crippen LogP contribution in [0.2, 0.25) is 0 Å². The van der Waals surface area contributed by atoms with Crippen molar-refractivity contribution < 1.29 is 19.8 Å². The van der Waals surface area contributed by atoms with Crippen LogP contribution in [0.15, 0.2) is 23.3 Å². The van der Waals surface area contributed by atoms with Crippen LogP contribution in [0.3, 0.4) is 0 Å². The smallest absolute Gasteiger partial charge is 0.335 e. The van der Waals surface area contributed by atoms with E-state index in [2.05, 4.69) is 10.5 Å². The zero-order valence-corrected chi connectivity index (χ0v) is 9.28. The van der Waals surface area contributed by atoms with E-state index in [1.54, 1.807) is 0 Å². The summed E-state index contributed by atoms with van der Waals surface area (Å²) in [7, 11) is 0. The number of nitriles is 2. The first-order valence-corrected chi connectivity index (χ1v) is 4.73. The first kappa shape index (κ1) is 13.7. The van der Waals surface area contributed by atoms with E-state index in [0.717, 1.165) is 18.2 Å². The molecule has 0 radical (unpaired) electrons. The standard InChI is InChI=1S/C11H6N4O4/c12-4-9(5-13)15-14-8-2-6(10(16)17)1-7(3-8)11(18)19/h1-3,14H,(H,16,17)(H,18,19). The van der Waals surface area contributed by atoms with Crippen molar-refractivity contribution in [3.8, 4) is 12.1 Å². The predicted molar refractivity (Wildman–Crippen MR) is 62.6 cm³/mol. The van der Waals surface area contributed by atoms with Gasteiger partial charge in [-0.2, -0.15) is 15.6 Å². The molecule has 0 aliphatic carbocycles. The maximum atomic E-state index is 10.8. The number of carboxylic acids is 2. The summed E-state index contributed by atoms with van der Waals surface area (Å²) in [6, 6.07) is 6.22. The predicted octanol–water partition coefficient (Wildman–Crippen LogP) is 0.898. The van der Waals surface area contributed by atoms with Gasteiger partial charge in [-0.05, 0) is 18.2 Å². The molecule has 0 aliphatic rings. The number of aromatic carboxylic acids is 2. The molecule has 3 N–H and O–H groups in total. The van der Waals surface area contributed by atoms with Gasteiger partial charge in [-0.1, -0.05) is 0 Å². The lowest BCUT2D eigenvalue weighted by Gasteiger charge is -2.04. The molecule has 0 heterocycles. The van der Waals surface area contributed by atoms with Gasteiger partial charge in [0.2, 0.25) is 5.71 Å². The molecule has 1 aromatic carbocycles. The van der Waals surface area contributed by atoms with Gasteiger partial charge >= 0.3 is 11.9 Å². The second kappa shape index (κ2) is 5.80. The zero-order chi connectivity index (χ0) is 14.4. The molecule has 0 aliphatic heterocycles. The third-order valence-corrected chi connectivity index (χ3v) is 1.94. The summed E-state index contributed by atoms with van der Waals surface area (Å²) in [5.74, 6) is -2.62. The highest BCUT2D eigenvalue weighted by Crippen LogP contribution is 2.15. The molecule has 0 aromatic heterocycles. The quantitative estimate of drug-likeness (QED) is 0.536. The van der Waals surface area contributed by atoms with E-state index >= 15 is 0 Å². The first-order valence-electron chi connectivity index (χ1n) is 4.73. The maximum absolute atomic E-state index is 10.8. The van der Waals surface area contributed by atoms with E-state index in [4.69, 9.17) is 20.7 Å². The number of nitrogens with one attached hydrogen (secondary N) is 1. The van der Waals surface area contributed by atoms with Crippen LogP contribution in [-0.4, -0.2) is 27.9 Å². The van der Waals surface area contributed by atoms with Crippen molar-refractivity contribution in [3.63, 3.8) is 0 Å². The maximum Gasteiger partial charge on any atom is 0.335 e. The van der Waals surface area contributed by atoms with Crippen LogP contribution >= 0.6 is 0 Å². The van der Waals surface area contributed by atoms with E-state index in [9.17, 15) is 9.59 Å². The second-order valence-corrected chi connectivity index (χ2v) is 3.21. The number of nitrogens with zero attached hydrogens (tertiary/aromatic N) is 3. The Morgan fingerprint density at radius 1 is 1.05 bits per heavy atom. The van der Waals surface area contributed by atoms with Crippen LogP contribution in [0, 0.1) is 22.7 Å². The van der Waals surface area contributed by atoms with Crippen LogP contribution in [0.25, 0.3) is 0 Å². The van der Waals surface area contributed by atoms with E-state index in [1.165, 1.54) is 12.1 Å². The van der Waals surface area contributed by atoms with Crippen LogP contribution in [0.4, 0.5) is 5.69 Å². The largest absolute Gasteiger partial charge is 0.478 e. The summed E-state index contributed by atoms with van der Waals surface area (Å²) in [4.78, 5) is 21.6. The number of hydrogen-bond acceptors (Lipinski definition) is 6. The molecule has 1 aromatic rings. The monoisotopic (exact) mass is 258 g/mol. The van der Waals surface area contributed by atoms with Crippen molar-refractivity contribution in [2.45, 2.75) is 0 Å². The zero-order valence-electron chi connectivity index (χ0n) is 9.28. The van der Waals surface area contributed by atoms with Gasteiger partial charge < -0.3 is 10.2 Å². The number of hydrogen-bond donors (Lipinski definition) is 3. The van der Waals surface area contributed by atoms with E-state index in [1.807, 2.05) is 0 Å². The summed E-state index contributed by atoms with van der Waals surface area (Å²) in [6.07, 6.45) is 0. The van der Waals surface area contributed by atoms with Gasteiger partial charge in [0.15, 0.2) is 0 Å². The molecule has 0 unspecified atom stereocenters. The molecule has 19 heavy (non-hydrogen) atoms. The molecule has 0 saturated heterocycles. The lowest BCUT2D eigenvalue weighted by atomic mass is 10.1. The average molecular weight is 258 g/mol. The number of rotatable bonds is 4. The minimum absolute atomic E-state index is 0.0419. The molecular formula is C11H6N4O4. The van der Waals surface area contributed by atoms with Gasteiger partial charge in [-0.3, -0.25) is 5.43 Å². The Hall–Kier alpha value is -3.39. The Bertz CT molecular complexity index is 603. The summed E-state index contributed by atoms with van der Waals surface area (Å²) >= 11 is 0. The van der Waals surface area contributed by atoms with Crippen molar-refractivity contribution in [2.75, 3.05) is 5.43 Å². The molecule has 1 rings (SSSR count). The summed E-state index contributed by atoms with van der Waals surface area (Å²) in [6.45, 7) is 0. The van der Waals surface area contributed by atoms with Crippen molar-refractivity contribution >= 4 is 23.3 Å². The van der Waals surface area contributed by atoms with Gasteiger partial charge in [0, 0.05) is 0 Å². The highest BCUT2D eigenvalue weighted by molar-refractivity contribution is 6.10. The Labute approximate surface area is 106 Å². The molecule has 8 heteroatoms. The summed E-state index contributed by atoms with van der Waals surface area (Å²) < 4.78 is 0. The van der Waals surface area contributed by atoms with Crippen LogP contribution < -0.4 is 5.43 Å². The molecule has 8 nitrogen and oxygen atoms in total. The molecule has 0 spiro atoms. The lowest BCUT2D eigenvalue weighted by molar-refractivity contribution is 0.0696. The fourth-order valence-corrected chi connectivity index (χ4v) is 1.13. The first-order chi connectivity index (χ1) is 8.97. The van der Waals surface area contributed by atoms with Crippen molar-refractivity contribution in [1.82, 2.24) is 0 Å². The third-order valence-electron chi connectivity index (χ3n) is 1.94. The molecule has 0 atom stereocenters. The van der Waals surface area contributed by atoms with E-state index in [-0.39, 0.29) is 16.8 Å². The second-order valence-electron chi connectivity index (χ2n) is 3.21. The molecule has 0 amide bonds. The fraction of sp³-hybridized carbons (Fsp3) is 0. The van der Waals surface area contributed by atoms with Crippen LogP contribution in [0.1, 0.15) is 20.7 Å². The number of anilines is 1. The average Bonchev–Trinajstić information content (AvgIpc) is 2.39. The Morgan fingerprint density at radius 2 is 1.53 bits per heavy atom. The van der Waals surface area contributed by atoms with Crippen molar-refractivity contribution in [3.05, 3.63) is 29.3 Å². The van der Waals surface area contributed by atoms with Crippen LogP contribution in [0.5, 0.6) is 0 Å². The molecule has 0 saturated carbocycles. The summed E-state index contributed by atoms with van der Waals surface area (Å²) in [5, 5.41) is 38.0. The number of hydrazone groups is 1. The number of carboxylic acid groups (broad SMARTS) is 2. The van der Waals surface area contributed by atoms with E-state index in [0.29, 0.717) is 0 Å². The lowest BCUT2D eigenvalue weighted by Crippen LogP contribution is -2.05. The Balaban J connectivity index is 3.19. The van der Waals surface area contributed by atoms with Crippen molar-refractivity contribution in [2.24, 2.45) is 5.10 Å². The molecule has 0 bridgehead atoms. The Kier molecular flexibility index (Phi) is 4.17. The van der Waals surface area contributed by atoms with Gasteiger partial charge in [-0.25, -0.2) is 9.59 Å². The molecule has 94 valence electrons. The highest BCUT2D eigenvalue weighted by atomic mass is 16.4. The van der Waals surface area contributed by atoms with Gasteiger partial charge in [-0.15, -0.1) is 0 Å². The fourth-order valence-electron chi connectivity index (χ4n) is 1.13. The number of carbonyl (C=O) groups is 2. The Morgan fingerprint density at radius 3 is 1.89 bits per heavy atom. The highest BCUT2D eigenvalue weighted by Gasteiger charge is 2.11. The minimum atomic E-state index is -1.31. The number of benzene rings is 1. The van der Waals surface area contributed by atoms with Gasteiger partial charge in [0.1, 0.15) is 12.1 Å². The summed E-state index contributed by atoms with van der Waals surface area (Å²) in [5.41, 5.74) is 1.31. The minimum Gasteiger partial charge on any atom is -0.478 e.